The van der Waals surface area contributed by atoms with Crippen LogP contribution >= 0.6 is 15.9 Å². The summed E-state index contributed by atoms with van der Waals surface area (Å²) in [4.78, 5) is 10.9. The Morgan fingerprint density at radius 2 is 2.19 bits per heavy atom. The van der Waals surface area contributed by atoms with Gasteiger partial charge in [-0.3, -0.25) is 0 Å². The molecule has 0 unspecified atom stereocenters. The molecular formula is C15H14BrN5. The number of rotatable bonds is 1. The first-order valence-electron chi connectivity index (χ1n) is 6.91. The number of anilines is 1. The molecule has 0 saturated carbocycles. The van der Waals surface area contributed by atoms with Crippen LogP contribution in [-0.4, -0.2) is 26.1 Å². The number of halogens is 1. The predicted octanol–water partition coefficient (Wildman–Crippen LogP) is 2.76. The van der Waals surface area contributed by atoms with Crippen molar-refractivity contribution in [3.63, 3.8) is 0 Å². The van der Waals surface area contributed by atoms with Crippen molar-refractivity contribution in [2.45, 2.75) is 19.9 Å². The molecule has 1 aliphatic rings. The maximum Gasteiger partial charge on any atom is 0.254 e. The van der Waals surface area contributed by atoms with E-state index >= 15 is 0 Å². The van der Waals surface area contributed by atoms with Crippen LogP contribution in [0.1, 0.15) is 16.8 Å². The second-order valence-corrected chi connectivity index (χ2v) is 6.13. The van der Waals surface area contributed by atoms with Gasteiger partial charge in [0.1, 0.15) is 12.1 Å². The lowest BCUT2D eigenvalue weighted by Gasteiger charge is -2.31. The van der Waals surface area contributed by atoms with Gasteiger partial charge in [-0.2, -0.15) is 14.6 Å². The number of aryl methyl sites for hydroxylation is 1. The Bertz CT molecular complexity index is 826. The van der Waals surface area contributed by atoms with Gasteiger partial charge in [-0.05, 0) is 30.5 Å². The first-order valence-corrected chi connectivity index (χ1v) is 7.70. The number of benzene rings is 1. The van der Waals surface area contributed by atoms with Gasteiger partial charge in [-0.25, -0.2) is 4.98 Å². The molecule has 0 amide bonds. The molecule has 5 nitrogen and oxygen atoms in total. The summed E-state index contributed by atoms with van der Waals surface area (Å²) in [5.74, 6) is 1.71. The molecule has 1 aliphatic heterocycles. The molecule has 3 aromatic rings. The standard InChI is InChI=1S/C15H14BrN5/c1-10-7-14(21-15(19-10)17-9-18-21)20-6-5-11-3-2-4-13(16)12(11)8-20/h2-4,7,9H,5-6,8H2,1H3. The number of fused-ring (bicyclic) bond motifs is 2. The van der Waals surface area contributed by atoms with Gasteiger partial charge < -0.3 is 4.90 Å². The third-order valence-electron chi connectivity index (χ3n) is 3.90. The van der Waals surface area contributed by atoms with Gasteiger partial charge in [0, 0.05) is 29.3 Å². The summed E-state index contributed by atoms with van der Waals surface area (Å²) in [6.45, 7) is 3.84. The third-order valence-corrected chi connectivity index (χ3v) is 4.64. The molecule has 6 heteroatoms. The fourth-order valence-electron chi connectivity index (χ4n) is 2.87. The molecule has 21 heavy (non-hydrogen) atoms. The zero-order valence-corrected chi connectivity index (χ0v) is 13.2. The van der Waals surface area contributed by atoms with Crippen LogP contribution in [0, 0.1) is 6.92 Å². The van der Waals surface area contributed by atoms with Crippen molar-refractivity contribution in [3.05, 3.63) is 51.9 Å². The highest BCUT2D eigenvalue weighted by Crippen LogP contribution is 2.29. The maximum absolute atomic E-state index is 4.41. The van der Waals surface area contributed by atoms with Crippen molar-refractivity contribution in [2.75, 3.05) is 11.4 Å². The van der Waals surface area contributed by atoms with Gasteiger partial charge in [0.2, 0.25) is 0 Å². The molecule has 0 bridgehead atoms. The summed E-state index contributed by atoms with van der Waals surface area (Å²) in [7, 11) is 0. The molecule has 106 valence electrons. The normalized spacial score (nSPS) is 14.5. The van der Waals surface area contributed by atoms with E-state index in [0.717, 1.165) is 31.0 Å². The summed E-state index contributed by atoms with van der Waals surface area (Å²) in [6.07, 6.45) is 2.59. The van der Waals surface area contributed by atoms with Crippen LogP contribution in [0.15, 0.2) is 35.1 Å². The van der Waals surface area contributed by atoms with Gasteiger partial charge >= 0.3 is 0 Å². The summed E-state index contributed by atoms with van der Waals surface area (Å²) < 4.78 is 2.99. The number of aromatic nitrogens is 4. The molecule has 0 saturated heterocycles. The zero-order chi connectivity index (χ0) is 14.4. The molecule has 1 aromatic carbocycles. The van der Waals surface area contributed by atoms with E-state index in [9.17, 15) is 0 Å². The van der Waals surface area contributed by atoms with Crippen molar-refractivity contribution in [3.8, 4) is 0 Å². The zero-order valence-electron chi connectivity index (χ0n) is 11.6. The molecule has 0 N–H and O–H groups in total. The lowest BCUT2D eigenvalue weighted by molar-refractivity contribution is 0.699. The number of nitrogens with zero attached hydrogens (tertiary/aromatic N) is 5. The average Bonchev–Trinajstić information content (AvgIpc) is 2.94. The summed E-state index contributed by atoms with van der Waals surface area (Å²) in [6, 6.07) is 8.49. The largest absolute Gasteiger partial charge is 0.352 e. The van der Waals surface area contributed by atoms with E-state index in [1.54, 1.807) is 6.33 Å². The lowest BCUT2D eigenvalue weighted by atomic mass is 10.00. The predicted molar refractivity (Wildman–Crippen MR) is 84.4 cm³/mol. The van der Waals surface area contributed by atoms with E-state index < -0.39 is 0 Å². The topological polar surface area (TPSA) is 46.3 Å². The van der Waals surface area contributed by atoms with Crippen molar-refractivity contribution >= 4 is 27.5 Å². The molecular weight excluding hydrogens is 330 g/mol. The van der Waals surface area contributed by atoms with Crippen LogP contribution in [0.3, 0.4) is 0 Å². The van der Waals surface area contributed by atoms with Crippen molar-refractivity contribution in [1.82, 2.24) is 19.6 Å². The van der Waals surface area contributed by atoms with Gasteiger partial charge in [0.05, 0.1) is 0 Å². The Hall–Kier alpha value is -1.95. The van der Waals surface area contributed by atoms with Gasteiger partial charge in [0.25, 0.3) is 5.78 Å². The minimum atomic E-state index is 0.655. The van der Waals surface area contributed by atoms with E-state index in [2.05, 4.69) is 60.2 Å². The summed E-state index contributed by atoms with van der Waals surface area (Å²) in [5, 5.41) is 4.30. The quantitative estimate of drug-likeness (QED) is 0.681. The minimum absolute atomic E-state index is 0.655. The Balaban J connectivity index is 1.81. The lowest BCUT2D eigenvalue weighted by Crippen LogP contribution is -2.32. The molecule has 0 radical (unpaired) electrons. The van der Waals surface area contributed by atoms with Crippen molar-refractivity contribution in [1.29, 1.82) is 0 Å². The fraction of sp³-hybridized carbons (Fsp3) is 0.267. The fourth-order valence-corrected chi connectivity index (χ4v) is 3.40. The number of hydrogen-bond acceptors (Lipinski definition) is 4. The Labute approximate surface area is 130 Å². The molecule has 3 heterocycles. The Morgan fingerprint density at radius 3 is 3.10 bits per heavy atom. The highest BCUT2D eigenvalue weighted by molar-refractivity contribution is 9.10. The molecule has 0 atom stereocenters. The van der Waals surface area contributed by atoms with Crippen LogP contribution < -0.4 is 4.90 Å². The highest BCUT2D eigenvalue weighted by Gasteiger charge is 2.21. The molecule has 4 rings (SSSR count). The van der Waals surface area contributed by atoms with Crippen LogP contribution in [0.4, 0.5) is 5.82 Å². The molecule has 0 spiro atoms. The minimum Gasteiger partial charge on any atom is -0.352 e. The van der Waals surface area contributed by atoms with E-state index in [1.807, 2.05) is 11.4 Å². The van der Waals surface area contributed by atoms with E-state index in [0.29, 0.717) is 5.78 Å². The highest BCUT2D eigenvalue weighted by atomic mass is 79.9. The maximum atomic E-state index is 4.41. The van der Waals surface area contributed by atoms with Crippen molar-refractivity contribution in [2.24, 2.45) is 0 Å². The molecule has 2 aromatic heterocycles. The summed E-state index contributed by atoms with van der Waals surface area (Å²) in [5.41, 5.74) is 3.73. The molecule has 0 aliphatic carbocycles. The number of hydrogen-bond donors (Lipinski definition) is 0. The van der Waals surface area contributed by atoms with Crippen molar-refractivity contribution < 1.29 is 0 Å². The summed E-state index contributed by atoms with van der Waals surface area (Å²) >= 11 is 3.66. The van der Waals surface area contributed by atoms with Crippen LogP contribution in [0.25, 0.3) is 5.78 Å². The van der Waals surface area contributed by atoms with E-state index in [4.69, 9.17) is 0 Å². The molecule has 0 fully saturated rings. The van der Waals surface area contributed by atoms with E-state index in [1.165, 1.54) is 15.6 Å². The van der Waals surface area contributed by atoms with Crippen LogP contribution in [-0.2, 0) is 13.0 Å². The van der Waals surface area contributed by atoms with Crippen LogP contribution in [0.5, 0.6) is 0 Å². The first-order chi connectivity index (χ1) is 10.2. The SMILES string of the molecule is Cc1cc(N2CCc3cccc(Br)c3C2)n2ncnc2n1. The van der Waals surface area contributed by atoms with Gasteiger partial charge in [-0.15, -0.1) is 0 Å². The first kappa shape index (κ1) is 12.8. The average molecular weight is 344 g/mol. The smallest absolute Gasteiger partial charge is 0.254 e. The second kappa shape index (κ2) is 4.80. The Kier molecular flexibility index (Phi) is 2.92. The third kappa shape index (κ3) is 2.10. The monoisotopic (exact) mass is 343 g/mol. The van der Waals surface area contributed by atoms with Crippen LogP contribution in [0.2, 0.25) is 0 Å². The Morgan fingerprint density at radius 1 is 1.29 bits per heavy atom. The van der Waals surface area contributed by atoms with E-state index in [-0.39, 0.29) is 0 Å². The van der Waals surface area contributed by atoms with Gasteiger partial charge in [-0.1, -0.05) is 28.1 Å². The second-order valence-electron chi connectivity index (χ2n) is 5.28. The van der Waals surface area contributed by atoms with Gasteiger partial charge in [0.15, 0.2) is 0 Å².